The number of rotatable bonds is 2. The Bertz CT molecular complexity index is 767. The van der Waals surface area contributed by atoms with Crippen LogP contribution >= 0.6 is 69.6 Å². The van der Waals surface area contributed by atoms with E-state index in [0.717, 1.165) is 0 Å². The fraction of sp³-hybridized carbons (Fsp3) is 0. The average molecular weight is 449 g/mol. The fourth-order valence-corrected chi connectivity index (χ4v) is 2.60. The molecule has 0 aliphatic heterocycles. The lowest BCUT2D eigenvalue weighted by molar-refractivity contribution is -0.156. The zero-order valence-electron chi connectivity index (χ0n) is 11.2. The molecule has 0 saturated carbocycles. The van der Waals surface area contributed by atoms with E-state index in [1.807, 2.05) is 0 Å². The van der Waals surface area contributed by atoms with Crippen LogP contribution in [0.4, 0.5) is 0 Å². The van der Waals surface area contributed by atoms with Gasteiger partial charge >= 0.3 is 11.9 Å². The first kappa shape index (κ1) is 19.4. The zero-order chi connectivity index (χ0) is 18.0. The normalized spacial score (nSPS) is 10.4. The minimum Gasteiger partial charge on any atom is -0.416 e. The van der Waals surface area contributed by atoms with E-state index in [2.05, 4.69) is 0 Å². The third kappa shape index (κ3) is 4.60. The fourth-order valence-electron chi connectivity index (χ4n) is 1.45. The number of halogens is 6. The Morgan fingerprint density at radius 1 is 0.542 bits per heavy atom. The van der Waals surface area contributed by atoms with Gasteiger partial charge in [0.15, 0.2) is 11.5 Å². The highest BCUT2D eigenvalue weighted by Crippen LogP contribution is 2.35. The zero-order valence-corrected chi connectivity index (χ0v) is 15.7. The van der Waals surface area contributed by atoms with E-state index in [1.54, 1.807) is 0 Å². The van der Waals surface area contributed by atoms with Crippen LogP contribution in [0, 0.1) is 0 Å². The van der Waals surface area contributed by atoms with E-state index in [0.29, 0.717) is 0 Å². The van der Waals surface area contributed by atoms with Crippen molar-refractivity contribution in [1.82, 2.24) is 0 Å². The summed E-state index contributed by atoms with van der Waals surface area (Å²) in [7, 11) is 0. The predicted octanol–water partition coefficient (Wildman–Crippen LogP) is 6.12. The van der Waals surface area contributed by atoms with Gasteiger partial charge in [0.1, 0.15) is 0 Å². The first-order valence-corrected chi connectivity index (χ1v) is 8.19. The monoisotopic (exact) mass is 446 g/mol. The lowest BCUT2D eigenvalue weighted by Crippen LogP contribution is -2.25. The summed E-state index contributed by atoms with van der Waals surface area (Å²) in [5.74, 6) is -3.02. The van der Waals surface area contributed by atoms with Gasteiger partial charge in [-0.3, -0.25) is 0 Å². The van der Waals surface area contributed by atoms with Crippen molar-refractivity contribution in [2.24, 2.45) is 0 Å². The van der Waals surface area contributed by atoms with Crippen LogP contribution in [0.15, 0.2) is 24.3 Å². The molecule has 2 aromatic rings. The van der Waals surface area contributed by atoms with E-state index >= 15 is 0 Å². The van der Waals surface area contributed by atoms with Gasteiger partial charge in [-0.1, -0.05) is 69.6 Å². The molecule has 0 aliphatic rings. The van der Waals surface area contributed by atoms with E-state index in [-0.39, 0.29) is 41.6 Å². The molecule has 0 amide bonds. The van der Waals surface area contributed by atoms with Crippen LogP contribution in [-0.4, -0.2) is 11.9 Å². The number of carbonyl (C=O) groups excluding carboxylic acids is 2. The molecule has 0 saturated heterocycles. The number of ether oxygens (including phenoxy) is 2. The molecule has 2 rings (SSSR count). The van der Waals surface area contributed by atoms with Gasteiger partial charge in [0.25, 0.3) is 0 Å². The molecule has 126 valence electrons. The van der Waals surface area contributed by atoms with Crippen molar-refractivity contribution < 1.29 is 19.1 Å². The van der Waals surface area contributed by atoms with Crippen LogP contribution in [0.25, 0.3) is 0 Å². The minimum absolute atomic E-state index is 0.0156. The number of benzene rings is 2. The van der Waals surface area contributed by atoms with E-state index < -0.39 is 11.9 Å². The standard InChI is InChI=1S/C14H4Cl6O4/c15-5-1-9(19)11(3-7(5)17)23-13(21)14(22)24-12-4-8(18)6(16)2-10(12)20/h1-4H. The molecule has 0 aromatic heterocycles. The van der Waals surface area contributed by atoms with Gasteiger partial charge in [0.2, 0.25) is 0 Å². The van der Waals surface area contributed by atoms with Gasteiger partial charge < -0.3 is 9.47 Å². The van der Waals surface area contributed by atoms with E-state index in [1.165, 1.54) is 24.3 Å². The molecule has 0 aliphatic carbocycles. The topological polar surface area (TPSA) is 52.6 Å². The highest BCUT2D eigenvalue weighted by Gasteiger charge is 2.23. The molecule has 4 nitrogen and oxygen atoms in total. The molecule has 0 atom stereocenters. The Morgan fingerprint density at radius 2 is 0.833 bits per heavy atom. The van der Waals surface area contributed by atoms with Gasteiger partial charge in [0.05, 0.1) is 30.1 Å². The Hall–Kier alpha value is -0.880. The Kier molecular flexibility index (Phi) is 6.48. The average Bonchev–Trinajstić information content (AvgIpc) is 2.50. The van der Waals surface area contributed by atoms with Gasteiger partial charge in [-0.05, 0) is 12.1 Å². The molecule has 0 unspecified atom stereocenters. The Morgan fingerprint density at radius 3 is 1.17 bits per heavy atom. The van der Waals surface area contributed by atoms with Crippen LogP contribution in [-0.2, 0) is 9.59 Å². The van der Waals surface area contributed by atoms with Gasteiger partial charge in [0, 0.05) is 12.1 Å². The van der Waals surface area contributed by atoms with Gasteiger partial charge in [-0.2, -0.15) is 0 Å². The molecule has 2 aromatic carbocycles. The quantitative estimate of drug-likeness (QED) is 0.240. The third-order valence-corrected chi connectivity index (χ3v) is 4.56. The summed E-state index contributed by atoms with van der Waals surface area (Å²) in [4.78, 5) is 23.6. The van der Waals surface area contributed by atoms with E-state index in [9.17, 15) is 9.59 Å². The molecule has 0 heterocycles. The van der Waals surface area contributed by atoms with Crippen LogP contribution in [0.2, 0.25) is 30.1 Å². The second-order valence-corrected chi connectivity index (χ2v) is 6.62. The minimum atomic E-state index is -1.35. The number of carbonyl (C=O) groups is 2. The second kappa shape index (κ2) is 8.00. The van der Waals surface area contributed by atoms with Gasteiger partial charge in [-0.25, -0.2) is 9.59 Å². The molecule has 0 bridgehead atoms. The lowest BCUT2D eigenvalue weighted by atomic mass is 10.3. The summed E-state index contributed by atoms with van der Waals surface area (Å²) >= 11 is 34.8. The van der Waals surface area contributed by atoms with Crippen LogP contribution in [0.1, 0.15) is 0 Å². The predicted molar refractivity (Wildman–Crippen MR) is 94.2 cm³/mol. The highest BCUT2D eigenvalue weighted by atomic mass is 35.5. The summed E-state index contributed by atoms with van der Waals surface area (Å²) in [6.45, 7) is 0. The molecular weight excluding hydrogens is 445 g/mol. The lowest BCUT2D eigenvalue weighted by Gasteiger charge is -2.09. The molecule has 0 N–H and O–H groups in total. The summed E-state index contributed by atoms with van der Waals surface area (Å²) in [5.41, 5.74) is 0. The summed E-state index contributed by atoms with van der Waals surface area (Å²) in [5, 5.41) is 0.462. The first-order valence-electron chi connectivity index (χ1n) is 5.92. The van der Waals surface area contributed by atoms with Crippen LogP contribution in [0.3, 0.4) is 0 Å². The molecular formula is C14H4Cl6O4. The Balaban J connectivity index is 2.15. The van der Waals surface area contributed by atoms with Crippen LogP contribution in [0.5, 0.6) is 11.5 Å². The largest absolute Gasteiger partial charge is 0.423 e. The summed E-state index contributed by atoms with van der Waals surface area (Å²) < 4.78 is 9.64. The molecule has 0 radical (unpaired) electrons. The second-order valence-electron chi connectivity index (χ2n) is 4.17. The van der Waals surface area contributed by atoms with Crippen molar-refractivity contribution in [2.75, 3.05) is 0 Å². The van der Waals surface area contributed by atoms with Crippen molar-refractivity contribution in [3.63, 3.8) is 0 Å². The van der Waals surface area contributed by atoms with Crippen molar-refractivity contribution >= 4 is 81.5 Å². The molecule has 24 heavy (non-hydrogen) atoms. The molecule has 0 fully saturated rings. The SMILES string of the molecule is O=C(Oc1cc(Cl)c(Cl)cc1Cl)C(=O)Oc1cc(Cl)c(Cl)cc1Cl. The number of hydrogen-bond donors (Lipinski definition) is 0. The Labute approximate surface area is 166 Å². The highest BCUT2D eigenvalue weighted by molar-refractivity contribution is 6.44. The van der Waals surface area contributed by atoms with Crippen molar-refractivity contribution in [3.8, 4) is 11.5 Å². The van der Waals surface area contributed by atoms with Crippen molar-refractivity contribution in [3.05, 3.63) is 54.4 Å². The number of esters is 2. The molecule has 0 spiro atoms. The van der Waals surface area contributed by atoms with E-state index in [4.69, 9.17) is 79.1 Å². The maximum Gasteiger partial charge on any atom is 0.423 e. The summed E-state index contributed by atoms with van der Waals surface area (Å²) in [6.07, 6.45) is 0. The third-order valence-electron chi connectivity index (χ3n) is 2.52. The summed E-state index contributed by atoms with van der Waals surface area (Å²) in [6, 6.07) is 4.89. The maximum absolute atomic E-state index is 11.8. The first-order chi connectivity index (χ1) is 11.2. The van der Waals surface area contributed by atoms with Crippen molar-refractivity contribution in [2.45, 2.75) is 0 Å². The number of hydrogen-bond acceptors (Lipinski definition) is 4. The maximum atomic E-state index is 11.8. The smallest absolute Gasteiger partial charge is 0.416 e. The van der Waals surface area contributed by atoms with Crippen LogP contribution < -0.4 is 9.47 Å². The van der Waals surface area contributed by atoms with Gasteiger partial charge in [-0.15, -0.1) is 0 Å². The van der Waals surface area contributed by atoms with Crippen molar-refractivity contribution in [1.29, 1.82) is 0 Å². The molecule has 10 heteroatoms.